The highest BCUT2D eigenvalue weighted by Crippen LogP contribution is 2.67. The second-order valence-corrected chi connectivity index (χ2v) is 5.40. The molecule has 0 amide bonds. The highest BCUT2D eigenvalue weighted by atomic mass is 16.4. The molecule has 0 aromatic carbocycles. The molecule has 3 fully saturated rings. The molecule has 1 saturated heterocycles. The van der Waals surface area contributed by atoms with E-state index in [1.54, 1.807) is 0 Å². The Hall–Kier alpha value is -0.570. The van der Waals surface area contributed by atoms with Crippen LogP contribution in [-0.2, 0) is 4.79 Å². The normalized spacial score (nSPS) is 33.5. The fourth-order valence-corrected chi connectivity index (χ4v) is 3.72. The lowest BCUT2D eigenvalue weighted by molar-refractivity contribution is -0.175. The van der Waals surface area contributed by atoms with Gasteiger partial charge in [0.2, 0.25) is 0 Å². The van der Waals surface area contributed by atoms with E-state index < -0.39 is 5.97 Å². The number of rotatable bonds is 1. The summed E-state index contributed by atoms with van der Waals surface area (Å²) in [5.74, 6) is -0.608. The van der Waals surface area contributed by atoms with Crippen LogP contribution in [0.3, 0.4) is 0 Å². The maximum Gasteiger partial charge on any atom is 0.306 e. The molecule has 2 saturated carbocycles. The van der Waals surface area contributed by atoms with Gasteiger partial charge < -0.3 is 10.4 Å². The van der Waals surface area contributed by atoms with Gasteiger partial charge in [-0.05, 0) is 36.5 Å². The first-order valence-electron chi connectivity index (χ1n) is 5.07. The third kappa shape index (κ3) is 0.909. The Morgan fingerprint density at radius 2 is 1.85 bits per heavy atom. The number of hydrogen-bond donors (Lipinski definition) is 2. The molecule has 1 aliphatic heterocycles. The van der Waals surface area contributed by atoms with Crippen molar-refractivity contribution in [2.24, 2.45) is 16.7 Å². The smallest absolute Gasteiger partial charge is 0.306 e. The molecule has 13 heavy (non-hydrogen) atoms. The predicted octanol–water partition coefficient (Wildman–Crippen LogP) is 0.851. The SMILES string of the molecule is O=C(O)C1CC2(C1)CC1(CNC1)C2. The van der Waals surface area contributed by atoms with Crippen LogP contribution in [0.25, 0.3) is 0 Å². The number of carboxylic acids is 1. The molecule has 2 aliphatic carbocycles. The topological polar surface area (TPSA) is 49.3 Å². The van der Waals surface area contributed by atoms with Gasteiger partial charge in [-0.3, -0.25) is 4.79 Å². The lowest BCUT2D eigenvalue weighted by Crippen LogP contribution is -2.67. The Kier molecular flexibility index (Phi) is 1.25. The highest BCUT2D eigenvalue weighted by Gasteiger charge is 2.62. The van der Waals surface area contributed by atoms with E-state index in [4.69, 9.17) is 5.11 Å². The Morgan fingerprint density at radius 1 is 1.23 bits per heavy atom. The number of nitrogens with one attached hydrogen (secondary N) is 1. The Labute approximate surface area is 77.5 Å². The lowest BCUT2D eigenvalue weighted by Gasteiger charge is -2.66. The maximum atomic E-state index is 10.6. The van der Waals surface area contributed by atoms with Crippen molar-refractivity contribution in [3.05, 3.63) is 0 Å². The molecule has 0 unspecified atom stereocenters. The zero-order valence-electron chi connectivity index (χ0n) is 7.68. The second-order valence-electron chi connectivity index (χ2n) is 5.40. The minimum atomic E-state index is -0.585. The van der Waals surface area contributed by atoms with Gasteiger partial charge in [-0.2, -0.15) is 0 Å². The van der Waals surface area contributed by atoms with Crippen LogP contribution in [0.5, 0.6) is 0 Å². The van der Waals surface area contributed by atoms with E-state index in [0.717, 1.165) is 12.8 Å². The molecule has 3 heteroatoms. The van der Waals surface area contributed by atoms with Gasteiger partial charge in [-0.1, -0.05) is 0 Å². The van der Waals surface area contributed by atoms with Crippen LogP contribution >= 0.6 is 0 Å². The van der Waals surface area contributed by atoms with Crippen molar-refractivity contribution >= 4 is 5.97 Å². The van der Waals surface area contributed by atoms with Crippen molar-refractivity contribution in [3.63, 3.8) is 0 Å². The summed E-state index contributed by atoms with van der Waals surface area (Å²) in [4.78, 5) is 10.6. The second kappa shape index (κ2) is 2.08. The summed E-state index contributed by atoms with van der Waals surface area (Å²) < 4.78 is 0. The number of aliphatic carboxylic acids is 1. The van der Waals surface area contributed by atoms with Gasteiger partial charge in [0.1, 0.15) is 0 Å². The molecule has 3 rings (SSSR count). The lowest BCUT2D eigenvalue weighted by atomic mass is 9.41. The molecule has 0 bridgehead atoms. The van der Waals surface area contributed by atoms with Crippen LogP contribution in [0, 0.1) is 16.7 Å². The molecule has 3 nitrogen and oxygen atoms in total. The van der Waals surface area contributed by atoms with E-state index in [-0.39, 0.29) is 5.92 Å². The first kappa shape index (κ1) is 7.80. The molecule has 2 spiro atoms. The van der Waals surface area contributed by atoms with E-state index in [1.807, 2.05) is 0 Å². The number of carboxylic acid groups (broad SMARTS) is 1. The summed E-state index contributed by atoms with van der Waals surface area (Å²) in [7, 11) is 0. The van der Waals surface area contributed by atoms with E-state index in [9.17, 15) is 4.79 Å². The fraction of sp³-hybridized carbons (Fsp3) is 0.900. The largest absolute Gasteiger partial charge is 0.481 e. The van der Waals surface area contributed by atoms with Crippen LogP contribution in [0.1, 0.15) is 25.7 Å². The monoisotopic (exact) mass is 181 g/mol. The van der Waals surface area contributed by atoms with Crippen LogP contribution in [-0.4, -0.2) is 24.2 Å². The van der Waals surface area contributed by atoms with Gasteiger partial charge in [-0.15, -0.1) is 0 Å². The molecule has 72 valence electrons. The third-order valence-electron chi connectivity index (χ3n) is 4.21. The zero-order chi connectivity index (χ0) is 9.10. The standard InChI is InChI=1S/C10H15NO2/c12-8(13)7-1-9(2-7)3-10(4-9)5-11-6-10/h7,11H,1-6H2,(H,12,13). The van der Waals surface area contributed by atoms with Gasteiger partial charge in [0.25, 0.3) is 0 Å². The Bertz CT molecular complexity index is 254. The summed E-state index contributed by atoms with van der Waals surface area (Å²) in [5.41, 5.74) is 1.06. The Morgan fingerprint density at radius 3 is 2.23 bits per heavy atom. The first-order chi connectivity index (χ1) is 6.13. The first-order valence-corrected chi connectivity index (χ1v) is 5.07. The Balaban J connectivity index is 1.57. The summed E-state index contributed by atoms with van der Waals surface area (Å²) >= 11 is 0. The average molecular weight is 181 g/mol. The van der Waals surface area contributed by atoms with Crippen LogP contribution in [0.15, 0.2) is 0 Å². The van der Waals surface area contributed by atoms with E-state index >= 15 is 0 Å². The maximum absolute atomic E-state index is 10.6. The minimum absolute atomic E-state index is 0.0228. The molecule has 0 radical (unpaired) electrons. The minimum Gasteiger partial charge on any atom is -0.481 e. The van der Waals surface area contributed by atoms with Crippen molar-refractivity contribution in [3.8, 4) is 0 Å². The molecule has 0 atom stereocenters. The van der Waals surface area contributed by atoms with Gasteiger partial charge in [0.05, 0.1) is 5.92 Å². The van der Waals surface area contributed by atoms with E-state index in [2.05, 4.69) is 5.32 Å². The molecule has 2 N–H and O–H groups in total. The van der Waals surface area contributed by atoms with Crippen molar-refractivity contribution in [2.75, 3.05) is 13.1 Å². The number of carbonyl (C=O) groups is 1. The molecular weight excluding hydrogens is 166 g/mol. The zero-order valence-corrected chi connectivity index (χ0v) is 7.68. The van der Waals surface area contributed by atoms with Crippen LogP contribution in [0.2, 0.25) is 0 Å². The fourth-order valence-electron chi connectivity index (χ4n) is 3.72. The molecular formula is C10H15NO2. The van der Waals surface area contributed by atoms with Gasteiger partial charge >= 0.3 is 5.97 Å². The van der Waals surface area contributed by atoms with Crippen molar-refractivity contribution < 1.29 is 9.90 Å². The predicted molar refractivity (Wildman–Crippen MR) is 47.3 cm³/mol. The van der Waals surface area contributed by atoms with E-state index in [0.29, 0.717) is 10.8 Å². The van der Waals surface area contributed by atoms with Crippen molar-refractivity contribution in [1.29, 1.82) is 0 Å². The van der Waals surface area contributed by atoms with Crippen LogP contribution in [0.4, 0.5) is 0 Å². The molecule has 3 aliphatic rings. The van der Waals surface area contributed by atoms with Gasteiger partial charge in [0, 0.05) is 13.1 Å². The third-order valence-corrected chi connectivity index (χ3v) is 4.21. The van der Waals surface area contributed by atoms with Gasteiger partial charge in [-0.25, -0.2) is 0 Å². The summed E-state index contributed by atoms with van der Waals surface area (Å²) in [6.45, 7) is 2.35. The summed E-state index contributed by atoms with van der Waals surface area (Å²) in [5, 5.41) is 12.1. The average Bonchev–Trinajstić information content (AvgIpc) is 1.76. The number of hydrogen-bond acceptors (Lipinski definition) is 2. The van der Waals surface area contributed by atoms with Crippen molar-refractivity contribution in [1.82, 2.24) is 5.32 Å². The summed E-state index contributed by atoms with van der Waals surface area (Å²) in [6.07, 6.45) is 4.47. The quantitative estimate of drug-likeness (QED) is 0.630. The molecule has 1 heterocycles. The highest BCUT2D eigenvalue weighted by molar-refractivity contribution is 5.71. The van der Waals surface area contributed by atoms with Crippen molar-refractivity contribution in [2.45, 2.75) is 25.7 Å². The van der Waals surface area contributed by atoms with Gasteiger partial charge in [0.15, 0.2) is 0 Å². The van der Waals surface area contributed by atoms with E-state index in [1.165, 1.54) is 25.9 Å². The summed E-state index contributed by atoms with van der Waals surface area (Å²) in [6, 6.07) is 0. The van der Waals surface area contributed by atoms with Crippen LogP contribution < -0.4 is 5.32 Å². The molecule has 0 aromatic heterocycles. The molecule has 0 aromatic rings.